The van der Waals surface area contributed by atoms with Crippen LogP contribution in [0.1, 0.15) is 19.8 Å². The van der Waals surface area contributed by atoms with Gasteiger partial charge in [0, 0.05) is 32.2 Å². The van der Waals surface area contributed by atoms with Gasteiger partial charge in [0.05, 0.1) is 19.3 Å². The molecule has 2 fully saturated rings. The molecule has 0 amide bonds. The Balaban J connectivity index is 1.90. The van der Waals surface area contributed by atoms with Crippen LogP contribution < -0.4 is 5.73 Å². The predicted octanol–water partition coefficient (Wildman–Crippen LogP) is -0.0821. The van der Waals surface area contributed by atoms with Crippen LogP contribution in [0.25, 0.3) is 0 Å². The molecule has 0 spiro atoms. The van der Waals surface area contributed by atoms with Gasteiger partial charge >= 0.3 is 0 Å². The second-order valence-corrected chi connectivity index (χ2v) is 5.03. The molecule has 6 heteroatoms. The summed E-state index contributed by atoms with van der Waals surface area (Å²) in [5.74, 6) is 0.333. The van der Waals surface area contributed by atoms with Crippen LogP contribution in [0.4, 0.5) is 0 Å². The lowest BCUT2D eigenvalue weighted by atomic mass is 10.2. The number of amidine groups is 1. The molecule has 0 aromatic heterocycles. The van der Waals surface area contributed by atoms with E-state index in [1.165, 1.54) is 0 Å². The van der Waals surface area contributed by atoms with E-state index in [0.717, 1.165) is 52.2 Å². The highest BCUT2D eigenvalue weighted by Crippen LogP contribution is 2.20. The molecule has 0 aliphatic carbocycles. The molecule has 3 N–H and O–H groups in total. The van der Waals surface area contributed by atoms with Crippen LogP contribution >= 0.6 is 0 Å². The van der Waals surface area contributed by atoms with Gasteiger partial charge in [0.2, 0.25) is 0 Å². The Morgan fingerprint density at radius 2 is 2.17 bits per heavy atom. The molecule has 6 nitrogen and oxygen atoms in total. The van der Waals surface area contributed by atoms with Crippen molar-refractivity contribution in [2.45, 2.75) is 31.8 Å². The average Bonchev–Trinajstić information content (AvgIpc) is 2.90. The molecule has 0 aromatic rings. The third-order valence-electron chi connectivity index (χ3n) is 4.04. The van der Waals surface area contributed by atoms with Crippen molar-refractivity contribution in [2.75, 3.05) is 39.4 Å². The van der Waals surface area contributed by atoms with Gasteiger partial charge in [-0.25, -0.2) is 0 Å². The maximum absolute atomic E-state index is 8.82. The van der Waals surface area contributed by atoms with Crippen LogP contribution in [0.5, 0.6) is 0 Å². The molecule has 2 saturated heterocycles. The molecule has 0 saturated carbocycles. The third-order valence-corrected chi connectivity index (χ3v) is 4.04. The zero-order valence-electron chi connectivity index (χ0n) is 11.1. The maximum atomic E-state index is 8.82. The normalized spacial score (nSPS) is 29.6. The molecule has 2 heterocycles. The number of hydrogen-bond acceptors (Lipinski definition) is 5. The van der Waals surface area contributed by atoms with E-state index >= 15 is 0 Å². The van der Waals surface area contributed by atoms with Crippen LogP contribution in [-0.2, 0) is 4.74 Å². The fourth-order valence-electron chi connectivity index (χ4n) is 3.01. The first-order chi connectivity index (χ1) is 8.76. The second-order valence-electron chi connectivity index (χ2n) is 5.03. The van der Waals surface area contributed by atoms with Gasteiger partial charge in [-0.3, -0.25) is 9.80 Å². The van der Waals surface area contributed by atoms with Crippen LogP contribution in [-0.4, -0.2) is 72.3 Å². The summed E-state index contributed by atoms with van der Waals surface area (Å²) in [7, 11) is 0. The van der Waals surface area contributed by atoms with E-state index in [9.17, 15) is 0 Å². The van der Waals surface area contributed by atoms with Crippen molar-refractivity contribution in [3.8, 4) is 0 Å². The summed E-state index contributed by atoms with van der Waals surface area (Å²) >= 11 is 0. The SMILES string of the molecule is CCC(C(N)=NO)N1CCC(N2CCOCC2)C1. The molecule has 0 aromatic carbocycles. The minimum atomic E-state index is 0.0704. The van der Waals surface area contributed by atoms with Crippen molar-refractivity contribution in [3.63, 3.8) is 0 Å². The summed E-state index contributed by atoms with van der Waals surface area (Å²) in [5, 5.41) is 12.0. The Hall–Kier alpha value is -0.850. The highest BCUT2D eigenvalue weighted by molar-refractivity contribution is 5.85. The summed E-state index contributed by atoms with van der Waals surface area (Å²) in [6.45, 7) is 7.84. The van der Waals surface area contributed by atoms with Crippen LogP contribution in [0.15, 0.2) is 5.16 Å². The fraction of sp³-hybridized carbons (Fsp3) is 0.917. The number of morpholine rings is 1. The summed E-state index contributed by atoms with van der Waals surface area (Å²) in [6.07, 6.45) is 2.04. The van der Waals surface area contributed by atoms with E-state index in [2.05, 4.69) is 21.9 Å². The van der Waals surface area contributed by atoms with Crippen molar-refractivity contribution in [3.05, 3.63) is 0 Å². The van der Waals surface area contributed by atoms with Crippen LogP contribution in [0.3, 0.4) is 0 Å². The zero-order chi connectivity index (χ0) is 13.0. The lowest BCUT2D eigenvalue weighted by Crippen LogP contribution is -2.47. The fourth-order valence-corrected chi connectivity index (χ4v) is 3.01. The molecule has 2 atom stereocenters. The lowest BCUT2D eigenvalue weighted by Gasteiger charge is -2.33. The van der Waals surface area contributed by atoms with Gasteiger partial charge in [0.25, 0.3) is 0 Å². The molecule has 0 radical (unpaired) electrons. The molecule has 2 rings (SSSR count). The Kier molecular flexibility index (Phi) is 4.79. The molecule has 104 valence electrons. The van der Waals surface area contributed by atoms with Crippen LogP contribution in [0, 0.1) is 0 Å². The van der Waals surface area contributed by atoms with Crippen molar-refractivity contribution in [2.24, 2.45) is 10.9 Å². The monoisotopic (exact) mass is 256 g/mol. The highest BCUT2D eigenvalue weighted by Gasteiger charge is 2.33. The average molecular weight is 256 g/mol. The first kappa shape index (κ1) is 13.6. The smallest absolute Gasteiger partial charge is 0.156 e. The largest absolute Gasteiger partial charge is 0.409 e. The zero-order valence-corrected chi connectivity index (χ0v) is 11.1. The van der Waals surface area contributed by atoms with Gasteiger partial charge in [-0.05, 0) is 12.8 Å². The molecule has 2 unspecified atom stereocenters. The molecule has 18 heavy (non-hydrogen) atoms. The Bertz CT molecular complexity index is 292. The number of rotatable bonds is 4. The second kappa shape index (κ2) is 6.36. The van der Waals surface area contributed by atoms with Gasteiger partial charge < -0.3 is 15.7 Å². The topological polar surface area (TPSA) is 74.3 Å². The van der Waals surface area contributed by atoms with Gasteiger partial charge in [0.15, 0.2) is 5.84 Å². The van der Waals surface area contributed by atoms with Crippen molar-refractivity contribution in [1.82, 2.24) is 9.80 Å². The standard InChI is InChI=1S/C12H24N4O2/c1-2-11(12(13)14-17)16-4-3-10(9-16)15-5-7-18-8-6-15/h10-11,17H,2-9H2,1H3,(H2,13,14). The quantitative estimate of drug-likeness (QED) is 0.318. The van der Waals surface area contributed by atoms with E-state index in [1.807, 2.05) is 0 Å². The van der Waals surface area contributed by atoms with Gasteiger partial charge in [-0.2, -0.15) is 0 Å². The molecule has 0 bridgehead atoms. The van der Waals surface area contributed by atoms with E-state index in [0.29, 0.717) is 11.9 Å². The molecule has 2 aliphatic heterocycles. The molecular formula is C12H24N4O2. The Morgan fingerprint density at radius 1 is 1.44 bits per heavy atom. The van der Waals surface area contributed by atoms with Crippen molar-refractivity contribution >= 4 is 5.84 Å². The van der Waals surface area contributed by atoms with E-state index in [1.54, 1.807) is 0 Å². The first-order valence-electron chi connectivity index (χ1n) is 6.79. The predicted molar refractivity (Wildman–Crippen MR) is 69.9 cm³/mol. The van der Waals surface area contributed by atoms with E-state index in [4.69, 9.17) is 15.7 Å². The summed E-state index contributed by atoms with van der Waals surface area (Å²) in [4.78, 5) is 4.83. The van der Waals surface area contributed by atoms with Gasteiger partial charge in [-0.1, -0.05) is 12.1 Å². The summed E-state index contributed by atoms with van der Waals surface area (Å²) < 4.78 is 5.38. The number of likely N-dealkylation sites (tertiary alicyclic amines) is 1. The molecular weight excluding hydrogens is 232 g/mol. The summed E-state index contributed by atoms with van der Waals surface area (Å²) in [6, 6.07) is 0.662. The first-order valence-corrected chi connectivity index (χ1v) is 6.79. The summed E-state index contributed by atoms with van der Waals surface area (Å²) in [5.41, 5.74) is 5.76. The third kappa shape index (κ3) is 2.93. The van der Waals surface area contributed by atoms with Crippen molar-refractivity contribution in [1.29, 1.82) is 0 Å². The van der Waals surface area contributed by atoms with Crippen molar-refractivity contribution < 1.29 is 9.94 Å². The number of ether oxygens (including phenoxy) is 1. The molecule has 2 aliphatic rings. The minimum Gasteiger partial charge on any atom is -0.409 e. The Morgan fingerprint density at radius 3 is 2.78 bits per heavy atom. The number of oxime groups is 1. The van der Waals surface area contributed by atoms with E-state index in [-0.39, 0.29) is 6.04 Å². The number of hydrogen-bond donors (Lipinski definition) is 2. The van der Waals surface area contributed by atoms with E-state index < -0.39 is 0 Å². The number of nitrogens with zero attached hydrogens (tertiary/aromatic N) is 3. The maximum Gasteiger partial charge on any atom is 0.156 e. The van der Waals surface area contributed by atoms with Crippen LogP contribution in [0.2, 0.25) is 0 Å². The minimum absolute atomic E-state index is 0.0704. The highest BCUT2D eigenvalue weighted by atomic mass is 16.5. The lowest BCUT2D eigenvalue weighted by molar-refractivity contribution is 0.0181. The number of nitrogens with two attached hydrogens (primary N) is 1. The van der Waals surface area contributed by atoms with Gasteiger partial charge in [-0.15, -0.1) is 0 Å². The van der Waals surface area contributed by atoms with Gasteiger partial charge in [0.1, 0.15) is 0 Å². The Labute approximate surface area is 108 Å².